The number of hydrogen-bond donors (Lipinski definition) is 0. The van der Waals surface area contributed by atoms with Gasteiger partial charge in [-0.25, -0.2) is 0 Å². The molecule has 0 saturated carbocycles. The molecule has 3 radical (unpaired) electrons. The number of rotatable bonds is 0. The van der Waals surface area contributed by atoms with Gasteiger partial charge in [0.05, 0.1) is 0 Å². The first kappa shape index (κ1) is 23.6. The van der Waals surface area contributed by atoms with Gasteiger partial charge in [0.1, 0.15) is 0 Å². The Kier molecular flexibility index (Phi) is 18.5. The topological polar surface area (TPSA) is 161 Å². The summed E-state index contributed by atoms with van der Waals surface area (Å²) in [6, 6.07) is 0. The van der Waals surface area contributed by atoms with Gasteiger partial charge in [-0.3, -0.25) is 0 Å². The van der Waals surface area contributed by atoms with Crippen LogP contribution in [0.4, 0.5) is 0 Å². The summed E-state index contributed by atoms with van der Waals surface area (Å²) < 4.78 is 69.2. The fourth-order valence-electron chi connectivity index (χ4n) is 0. The summed E-state index contributed by atoms with van der Waals surface area (Å²) in [7, 11) is 0. The average molecular weight is 762 g/mol. The Morgan fingerprint density at radius 1 is 0.667 bits per heavy atom. The van der Waals surface area contributed by atoms with E-state index >= 15 is 0 Å². The van der Waals surface area contributed by atoms with Crippen LogP contribution >= 0.6 is 0 Å². The first-order chi connectivity index (χ1) is 4.00. The van der Waals surface area contributed by atoms with Crippen LogP contribution in [0.2, 0.25) is 0 Å². The third-order valence-electron chi connectivity index (χ3n) is 0. The van der Waals surface area contributed by atoms with Crippen molar-refractivity contribution in [3.8, 4) is 0 Å². The molecular weight excluding hydrogens is 762 g/mol. The zero-order chi connectivity index (χ0) is 9.00. The van der Waals surface area contributed by atoms with Crippen molar-refractivity contribution in [2.24, 2.45) is 0 Å². The molecule has 0 heterocycles. The second kappa shape index (κ2) is 9.40. The Morgan fingerprint density at radius 3 is 0.667 bits per heavy atom. The molecule has 0 N–H and O–H groups in total. The summed E-state index contributed by atoms with van der Waals surface area (Å²) in [4.78, 5) is 0. The van der Waals surface area contributed by atoms with Crippen LogP contribution in [0.5, 0.6) is 0 Å². The molecular formula is CoO8PbW2. The molecule has 0 bridgehead atoms. The molecule has 12 heteroatoms. The predicted molar refractivity (Wildman–Crippen MR) is 8.50 cm³/mol. The Balaban J connectivity index is -0.0000000457. The molecule has 0 rings (SSSR count). The van der Waals surface area contributed by atoms with Gasteiger partial charge in [-0.1, -0.05) is 0 Å². The maximum absolute atomic E-state index is 8.65. The summed E-state index contributed by atoms with van der Waals surface area (Å²) in [6.07, 6.45) is 0. The van der Waals surface area contributed by atoms with Crippen LogP contribution in [-0.4, -0.2) is 27.3 Å². The van der Waals surface area contributed by atoms with Crippen molar-refractivity contribution in [3.63, 3.8) is 0 Å². The van der Waals surface area contributed by atoms with E-state index in [1.165, 1.54) is 0 Å². The van der Waals surface area contributed by atoms with E-state index in [9.17, 15) is 0 Å². The maximum atomic E-state index is 8.65. The fourth-order valence-corrected chi connectivity index (χ4v) is 0. The molecule has 0 aromatic rings. The van der Waals surface area contributed by atoms with Crippen LogP contribution in [0.15, 0.2) is 0 Å². The van der Waals surface area contributed by atoms with Crippen molar-refractivity contribution in [1.29, 1.82) is 0 Å². The quantitative estimate of drug-likeness (QED) is 0.221. The van der Waals surface area contributed by atoms with Gasteiger partial charge in [0.15, 0.2) is 0 Å². The minimum atomic E-state index is -6.17. The van der Waals surface area contributed by atoms with Crippen LogP contribution in [0, 0.1) is 0 Å². The summed E-state index contributed by atoms with van der Waals surface area (Å²) in [5, 5.41) is 0. The second-order valence-corrected chi connectivity index (χ2v) is 6.68. The van der Waals surface area contributed by atoms with E-state index in [0.717, 1.165) is 0 Å². The maximum Gasteiger partial charge on any atom is 2.00 e. The first-order valence-corrected chi connectivity index (χ1v) is 10.9. The van der Waals surface area contributed by atoms with Gasteiger partial charge in [0, 0.05) is 0 Å². The van der Waals surface area contributed by atoms with Gasteiger partial charge < -0.3 is 0 Å². The molecule has 0 amide bonds. The molecule has 0 aromatic carbocycles. The van der Waals surface area contributed by atoms with Gasteiger partial charge in [0.25, 0.3) is 0 Å². The molecule has 0 unspecified atom stereocenters. The van der Waals surface area contributed by atoms with E-state index in [0.29, 0.717) is 0 Å². The van der Waals surface area contributed by atoms with E-state index in [2.05, 4.69) is 0 Å². The molecule has 0 aromatic heterocycles. The third-order valence-corrected chi connectivity index (χ3v) is 0. The first-order valence-electron chi connectivity index (χ1n) is 1.33. The fraction of sp³-hybridized carbons (Fsp3) is 0. The van der Waals surface area contributed by atoms with Gasteiger partial charge >= 0.3 is 106 Å². The van der Waals surface area contributed by atoms with E-state index in [1.54, 1.807) is 0 Å². The molecule has 8 nitrogen and oxygen atoms in total. The average Bonchev–Trinajstić information content (AvgIpc) is 1.12. The van der Waals surface area contributed by atoms with Crippen molar-refractivity contribution in [2.45, 2.75) is 0 Å². The van der Waals surface area contributed by atoms with Crippen LogP contribution in [0.25, 0.3) is 0 Å². The number of hydrogen-bond acceptors (Lipinski definition) is 8. The van der Waals surface area contributed by atoms with Crippen molar-refractivity contribution in [3.05, 3.63) is 0 Å². The van der Waals surface area contributed by atoms with E-state index in [-0.39, 0.29) is 44.1 Å². The van der Waals surface area contributed by atoms with Crippen molar-refractivity contribution in [1.82, 2.24) is 0 Å². The van der Waals surface area contributed by atoms with Crippen molar-refractivity contribution < 1.29 is 78.9 Å². The van der Waals surface area contributed by atoms with Crippen LogP contribution < -0.4 is 15.0 Å². The van der Waals surface area contributed by atoms with Crippen LogP contribution in [-0.2, 0) is 63.9 Å². The summed E-state index contributed by atoms with van der Waals surface area (Å²) >= 11 is -12.3. The molecule has 0 spiro atoms. The standard InChI is InChI=1S/Co.8O.Pb.2W/q+2;;;;;4*-1;+2;;. The monoisotopic (exact) mass is 763 g/mol. The largest absolute Gasteiger partial charge is 2.00 e. The molecule has 0 aliphatic rings. The van der Waals surface area contributed by atoms with Gasteiger partial charge in [-0.05, 0) is 0 Å². The minimum absolute atomic E-state index is 0. The molecule has 0 aliphatic heterocycles. The Bertz CT molecular complexity index is 213. The molecule has 0 saturated heterocycles. The summed E-state index contributed by atoms with van der Waals surface area (Å²) in [5.74, 6) is 0. The molecule has 0 fully saturated rings. The predicted octanol–water partition coefficient (Wildman–Crippen LogP) is -5.62. The molecule has 73 valence electrons. The normalized spacial score (nSPS) is 9.67. The van der Waals surface area contributed by atoms with Crippen molar-refractivity contribution in [2.75, 3.05) is 0 Å². The zero-order valence-corrected chi connectivity index (χ0v) is 15.7. The van der Waals surface area contributed by atoms with Crippen molar-refractivity contribution >= 4 is 27.3 Å². The Labute approximate surface area is 105 Å². The van der Waals surface area contributed by atoms with Gasteiger partial charge in [-0.15, -0.1) is 0 Å². The van der Waals surface area contributed by atoms with E-state index in [4.69, 9.17) is 28.6 Å². The van der Waals surface area contributed by atoms with Crippen LogP contribution in [0.1, 0.15) is 0 Å². The second-order valence-electron chi connectivity index (χ2n) is 0.816. The smallest absolute Gasteiger partial charge is 2.00 e. The van der Waals surface area contributed by atoms with Gasteiger partial charge in [0.2, 0.25) is 0 Å². The molecule has 0 atom stereocenters. The molecule has 12 heavy (non-hydrogen) atoms. The molecule has 0 aliphatic carbocycles. The summed E-state index contributed by atoms with van der Waals surface area (Å²) in [6.45, 7) is 0. The summed E-state index contributed by atoms with van der Waals surface area (Å²) in [5.41, 5.74) is 0. The van der Waals surface area contributed by atoms with Gasteiger partial charge in [-0.2, -0.15) is 0 Å². The zero-order valence-electron chi connectivity index (χ0n) is 4.92. The third kappa shape index (κ3) is 409. The van der Waals surface area contributed by atoms with E-state index < -0.39 is 33.5 Å². The SMILES string of the molecule is [Co+2].[O]=[W](=[O])([O-])[O-].[O]=[W](=[O])([O-])[O-].[Pb+2]. The van der Waals surface area contributed by atoms with E-state index in [1.807, 2.05) is 0 Å². The Hall–Kier alpha value is 1.85. The van der Waals surface area contributed by atoms with Crippen LogP contribution in [0.3, 0.4) is 0 Å². The minimum Gasteiger partial charge on any atom is 2.00 e. The Morgan fingerprint density at radius 2 is 0.667 bits per heavy atom.